The van der Waals surface area contributed by atoms with Crippen molar-refractivity contribution in [3.63, 3.8) is 0 Å². The summed E-state index contributed by atoms with van der Waals surface area (Å²) in [6.45, 7) is 5.46. The highest BCUT2D eigenvalue weighted by atomic mass is 32.1. The minimum Gasteiger partial charge on any atom is -0.497 e. The average Bonchev–Trinajstić information content (AvgIpc) is 3.43. The third-order valence-electron chi connectivity index (χ3n) is 5.34. The van der Waals surface area contributed by atoms with Gasteiger partial charge in [0, 0.05) is 23.9 Å². The molecule has 0 radical (unpaired) electrons. The number of carbonyl (C=O) groups excluding carboxylic acids is 2. The average molecular weight is 478 g/mol. The third kappa shape index (κ3) is 4.55. The highest BCUT2D eigenvalue weighted by molar-refractivity contribution is 7.14. The Labute approximate surface area is 201 Å². The molecule has 0 atom stereocenters. The Bertz CT molecular complexity index is 1320. The van der Waals surface area contributed by atoms with Crippen LogP contribution in [0.25, 0.3) is 6.08 Å². The Morgan fingerprint density at radius 2 is 1.82 bits per heavy atom. The van der Waals surface area contributed by atoms with Crippen LogP contribution in [0.5, 0.6) is 11.5 Å². The van der Waals surface area contributed by atoms with Crippen molar-refractivity contribution in [2.24, 2.45) is 4.99 Å². The molecular formula is C25H23N3O5S. The fourth-order valence-electron chi connectivity index (χ4n) is 3.43. The maximum Gasteiger partial charge on any atom is 0.363 e. The quantitative estimate of drug-likeness (QED) is 0.374. The number of hydrogen-bond donors (Lipinski definition) is 0. The number of methoxy groups -OCH3 is 2. The van der Waals surface area contributed by atoms with Crippen molar-refractivity contribution in [1.82, 2.24) is 4.98 Å². The first kappa shape index (κ1) is 23.2. The van der Waals surface area contributed by atoms with Crippen molar-refractivity contribution >= 4 is 46.0 Å². The van der Waals surface area contributed by atoms with E-state index in [0.29, 0.717) is 27.9 Å². The molecule has 0 spiro atoms. The van der Waals surface area contributed by atoms with Gasteiger partial charge in [-0.2, -0.15) is 0 Å². The largest absolute Gasteiger partial charge is 0.497 e. The molecule has 3 aromatic rings. The van der Waals surface area contributed by atoms with Crippen LogP contribution in [0.2, 0.25) is 0 Å². The number of rotatable bonds is 6. The molecule has 1 aromatic heterocycles. The van der Waals surface area contributed by atoms with Gasteiger partial charge in [0.15, 0.2) is 10.8 Å². The highest BCUT2D eigenvalue weighted by Crippen LogP contribution is 2.33. The molecule has 0 N–H and O–H groups in total. The number of ether oxygens (including phenoxy) is 3. The number of amides is 1. The van der Waals surface area contributed by atoms with E-state index in [-0.39, 0.29) is 17.5 Å². The predicted octanol–water partition coefficient (Wildman–Crippen LogP) is 4.81. The highest BCUT2D eigenvalue weighted by Gasteiger charge is 2.26. The zero-order valence-corrected chi connectivity index (χ0v) is 20.2. The smallest absolute Gasteiger partial charge is 0.363 e. The van der Waals surface area contributed by atoms with Gasteiger partial charge < -0.3 is 14.2 Å². The zero-order valence-electron chi connectivity index (χ0n) is 19.4. The molecule has 2 heterocycles. The van der Waals surface area contributed by atoms with Crippen LogP contribution in [0, 0.1) is 13.8 Å². The molecule has 0 saturated carbocycles. The lowest BCUT2D eigenvalue weighted by Gasteiger charge is -2.21. The van der Waals surface area contributed by atoms with E-state index in [1.54, 1.807) is 28.5 Å². The number of carbonyl (C=O) groups is 2. The molecular weight excluding hydrogens is 454 g/mol. The number of aromatic nitrogens is 1. The Hall–Kier alpha value is -3.98. The lowest BCUT2D eigenvalue weighted by molar-refractivity contribution is -0.130. The van der Waals surface area contributed by atoms with Gasteiger partial charge in [-0.1, -0.05) is 12.1 Å². The monoisotopic (exact) mass is 477 g/mol. The SMILES string of the molecule is COc1cc(OC)cc(C2=N/C(=C\c3csc(N(C(C)=O)c4cccc(C)c4C)n3)C(=O)O2)c1. The van der Waals surface area contributed by atoms with Crippen LogP contribution in [-0.4, -0.2) is 37.0 Å². The molecule has 0 unspecified atom stereocenters. The second-order valence-electron chi connectivity index (χ2n) is 7.57. The fourth-order valence-corrected chi connectivity index (χ4v) is 4.27. The number of benzene rings is 2. The van der Waals surface area contributed by atoms with Gasteiger partial charge in [0.25, 0.3) is 0 Å². The summed E-state index contributed by atoms with van der Waals surface area (Å²) in [4.78, 5) is 35.4. The van der Waals surface area contributed by atoms with E-state index >= 15 is 0 Å². The van der Waals surface area contributed by atoms with Gasteiger partial charge >= 0.3 is 5.97 Å². The van der Waals surface area contributed by atoms with E-state index in [0.717, 1.165) is 16.8 Å². The van der Waals surface area contributed by atoms with Gasteiger partial charge in [0.1, 0.15) is 11.5 Å². The van der Waals surface area contributed by atoms with Gasteiger partial charge in [0.2, 0.25) is 11.8 Å². The summed E-state index contributed by atoms with van der Waals surface area (Å²) in [7, 11) is 3.07. The molecule has 0 bridgehead atoms. The second kappa shape index (κ2) is 9.48. The summed E-state index contributed by atoms with van der Waals surface area (Å²) in [5, 5.41) is 2.26. The molecule has 0 aliphatic carbocycles. The minimum atomic E-state index is -0.593. The van der Waals surface area contributed by atoms with Crippen molar-refractivity contribution < 1.29 is 23.8 Å². The normalized spacial score (nSPS) is 14.1. The molecule has 0 fully saturated rings. The molecule has 1 aliphatic rings. The maximum absolute atomic E-state index is 12.5. The number of thiazole rings is 1. The Morgan fingerprint density at radius 3 is 2.47 bits per heavy atom. The fraction of sp³-hybridized carbons (Fsp3) is 0.200. The number of aliphatic imine (C=N–C) groups is 1. The number of aryl methyl sites for hydroxylation is 1. The topological polar surface area (TPSA) is 90.3 Å². The standard InChI is InChI=1S/C25H23N3O5S/c1-14-7-6-8-22(15(14)2)28(16(3)29)25-26-18(13-34-25)11-21-24(30)33-23(27-21)17-9-19(31-4)12-20(10-17)32-5/h6-13H,1-5H3/b21-11-. The van der Waals surface area contributed by atoms with Gasteiger partial charge in [0.05, 0.1) is 25.6 Å². The Balaban J connectivity index is 1.66. The van der Waals surface area contributed by atoms with E-state index < -0.39 is 5.97 Å². The lowest BCUT2D eigenvalue weighted by atomic mass is 10.1. The van der Waals surface area contributed by atoms with Crippen LogP contribution in [0.4, 0.5) is 10.8 Å². The molecule has 2 aromatic carbocycles. The first-order chi connectivity index (χ1) is 16.3. The Kier molecular flexibility index (Phi) is 6.47. The van der Waals surface area contributed by atoms with Gasteiger partial charge in [-0.05, 0) is 49.2 Å². The molecule has 0 saturated heterocycles. The molecule has 8 nitrogen and oxygen atoms in total. The van der Waals surface area contributed by atoms with Crippen LogP contribution in [0.15, 0.2) is 52.5 Å². The number of hydrogen-bond acceptors (Lipinski definition) is 8. The summed E-state index contributed by atoms with van der Waals surface area (Å²) in [6.07, 6.45) is 1.54. The molecule has 4 rings (SSSR count). The predicted molar refractivity (Wildman–Crippen MR) is 131 cm³/mol. The van der Waals surface area contributed by atoms with Crippen molar-refractivity contribution in [3.05, 3.63) is 69.9 Å². The van der Waals surface area contributed by atoms with E-state index in [1.807, 2.05) is 32.0 Å². The van der Waals surface area contributed by atoms with Crippen LogP contribution in [-0.2, 0) is 14.3 Å². The summed E-state index contributed by atoms with van der Waals surface area (Å²) < 4.78 is 15.9. The van der Waals surface area contributed by atoms with Gasteiger partial charge in [-0.15, -0.1) is 11.3 Å². The van der Waals surface area contributed by atoms with Gasteiger partial charge in [-0.3, -0.25) is 9.69 Å². The third-order valence-corrected chi connectivity index (χ3v) is 6.18. The Morgan fingerprint density at radius 1 is 1.12 bits per heavy atom. The number of anilines is 2. The zero-order chi connectivity index (χ0) is 24.4. The minimum absolute atomic E-state index is 0.106. The van der Waals surface area contributed by atoms with Crippen molar-refractivity contribution in [2.75, 3.05) is 19.1 Å². The first-order valence-corrected chi connectivity index (χ1v) is 11.3. The number of nitrogens with zero attached hydrogens (tertiary/aromatic N) is 3. The van der Waals surface area contributed by atoms with Crippen molar-refractivity contribution in [1.29, 1.82) is 0 Å². The first-order valence-electron chi connectivity index (χ1n) is 10.4. The van der Waals surface area contributed by atoms with E-state index in [4.69, 9.17) is 14.2 Å². The van der Waals surface area contributed by atoms with E-state index in [2.05, 4.69) is 9.98 Å². The molecule has 174 valence electrons. The van der Waals surface area contributed by atoms with Crippen LogP contribution in [0.1, 0.15) is 29.3 Å². The van der Waals surface area contributed by atoms with Crippen molar-refractivity contribution in [3.8, 4) is 11.5 Å². The summed E-state index contributed by atoms with van der Waals surface area (Å²) in [5.41, 5.74) is 3.99. The molecule has 9 heteroatoms. The summed E-state index contributed by atoms with van der Waals surface area (Å²) in [6, 6.07) is 10.9. The lowest BCUT2D eigenvalue weighted by Crippen LogP contribution is -2.23. The second-order valence-corrected chi connectivity index (χ2v) is 8.40. The molecule has 34 heavy (non-hydrogen) atoms. The van der Waals surface area contributed by atoms with Gasteiger partial charge in [-0.25, -0.2) is 14.8 Å². The summed E-state index contributed by atoms with van der Waals surface area (Å²) in [5.74, 6) is 0.486. The summed E-state index contributed by atoms with van der Waals surface area (Å²) >= 11 is 1.30. The van der Waals surface area contributed by atoms with Crippen molar-refractivity contribution in [2.45, 2.75) is 20.8 Å². The number of esters is 1. The molecule has 1 amide bonds. The number of cyclic esters (lactones) is 1. The van der Waals surface area contributed by atoms with E-state index in [1.165, 1.54) is 38.6 Å². The van der Waals surface area contributed by atoms with Crippen LogP contribution >= 0.6 is 11.3 Å². The maximum atomic E-state index is 12.5. The molecule has 1 aliphatic heterocycles. The van der Waals surface area contributed by atoms with E-state index in [9.17, 15) is 9.59 Å². The van der Waals surface area contributed by atoms with Crippen LogP contribution < -0.4 is 14.4 Å². The van der Waals surface area contributed by atoms with Crippen LogP contribution in [0.3, 0.4) is 0 Å².